The molecule has 0 aliphatic carbocycles. The minimum atomic E-state index is -0.551. The van der Waals surface area contributed by atoms with Gasteiger partial charge in [-0.15, -0.1) is 0 Å². The summed E-state index contributed by atoms with van der Waals surface area (Å²) in [6, 6.07) is 13.7. The number of hydrogen-bond donors (Lipinski definition) is 1. The van der Waals surface area contributed by atoms with Crippen LogP contribution in [0.1, 0.15) is 23.6 Å². The monoisotopic (exact) mass is 283 g/mol. The van der Waals surface area contributed by atoms with Crippen LogP contribution in [0.15, 0.2) is 42.5 Å². The van der Waals surface area contributed by atoms with E-state index in [1.807, 2.05) is 63.2 Å². The van der Waals surface area contributed by atoms with Crippen LogP contribution < -0.4 is 10.1 Å². The molecule has 2 aromatic rings. The van der Waals surface area contributed by atoms with Crippen molar-refractivity contribution < 1.29 is 9.53 Å². The second-order valence-electron chi connectivity index (χ2n) is 5.33. The van der Waals surface area contributed by atoms with Crippen molar-refractivity contribution in [3.63, 3.8) is 0 Å². The Morgan fingerprint density at radius 3 is 2.48 bits per heavy atom. The summed E-state index contributed by atoms with van der Waals surface area (Å²) in [5.74, 6) is 0.604. The zero-order chi connectivity index (χ0) is 15.4. The van der Waals surface area contributed by atoms with E-state index in [-0.39, 0.29) is 5.91 Å². The summed E-state index contributed by atoms with van der Waals surface area (Å²) in [7, 11) is 0. The van der Waals surface area contributed by atoms with Crippen LogP contribution >= 0.6 is 0 Å². The van der Waals surface area contributed by atoms with E-state index in [1.165, 1.54) is 0 Å². The Bertz CT molecular complexity index is 649. The van der Waals surface area contributed by atoms with Crippen molar-refractivity contribution in [1.82, 2.24) is 0 Å². The number of ether oxygens (including phenoxy) is 1. The summed E-state index contributed by atoms with van der Waals surface area (Å²) < 4.78 is 5.79. The largest absolute Gasteiger partial charge is 0.481 e. The minimum Gasteiger partial charge on any atom is -0.481 e. The van der Waals surface area contributed by atoms with Crippen molar-refractivity contribution >= 4 is 11.6 Å². The number of carbonyl (C=O) groups excluding carboxylic acids is 1. The first-order valence-corrected chi connectivity index (χ1v) is 7.08. The number of amides is 1. The zero-order valence-electron chi connectivity index (χ0n) is 12.9. The molecule has 3 heteroatoms. The molecular formula is C18H21NO2. The predicted molar refractivity (Wildman–Crippen MR) is 85.8 cm³/mol. The average molecular weight is 283 g/mol. The van der Waals surface area contributed by atoms with E-state index in [9.17, 15) is 4.79 Å². The van der Waals surface area contributed by atoms with Crippen LogP contribution in [0.4, 0.5) is 5.69 Å². The van der Waals surface area contributed by atoms with Gasteiger partial charge in [0.05, 0.1) is 0 Å². The molecule has 0 aliphatic rings. The maximum Gasteiger partial charge on any atom is 0.265 e. The van der Waals surface area contributed by atoms with Crippen molar-refractivity contribution in [3.05, 3.63) is 59.2 Å². The Kier molecular flexibility index (Phi) is 4.63. The average Bonchev–Trinajstić information content (AvgIpc) is 2.45. The molecule has 0 radical (unpaired) electrons. The quantitative estimate of drug-likeness (QED) is 0.920. The molecule has 21 heavy (non-hydrogen) atoms. The lowest BCUT2D eigenvalue weighted by molar-refractivity contribution is -0.122. The maximum absolute atomic E-state index is 12.2. The number of para-hydroxylation sites is 1. The summed E-state index contributed by atoms with van der Waals surface area (Å²) in [6.45, 7) is 7.70. The van der Waals surface area contributed by atoms with Crippen molar-refractivity contribution in [3.8, 4) is 5.75 Å². The van der Waals surface area contributed by atoms with Crippen LogP contribution in [-0.4, -0.2) is 12.0 Å². The molecule has 1 N–H and O–H groups in total. The highest BCUT2D eigenvalue weighted by Crippen LogP contribution is 2.21. The highest BCUT2D eigenvalue weighted by Gasteiger charge is 2.16. The highest BCUT2D eigenvalue weighted by atomic mass is 16.5. The fourth-order valence-electron chi connectivity index (χ4n) is 2.03. The molecule has 0 aromatic heterocycles. The second kappa shape index (κ2) is 6.44. The summed E-state index contributed by atoms with van der Waals surface area (Å²) in [5.41, 5.74) is 3.99. The number of nitrogens with one attached hydrogen (secondary N) is 1. The standard InChI is InChI=1S/C18H21NO2/c1-12-9-10-14(3)17(11-12)21-15(4)18(20)19-16-8-6-5-7-13(16)2/h5-11,15H,1-4H3,(H,19,20). The molecule has 1 unspecified atom stereocenters. The van der Waals surface area contributed by atoms with E-state index in [4.69, 9.17) is 4.74 Å². The van der Waals surface area contributed by atoms with Gasteiger partial charge >= 0.3 is 0 Å². The van der Waals surface area contributed by atoms with Gasteiger partial charge in [-0.1, -0.05) is 30.3 Å². The molecule has 3 nitrogen and oxygen atoms in total. The molecule has 0 fully saturated rings. The second-order valence-corrected chi connectivity index (χ2v) is 5.33. The third-order valence-corrected chi connectivity index (χ3v) is 3.42. The Balaban J connectivity index is 2.06. The van der Waals surface area contributed by atoms with E-state index >= 15 is 0 Å². The normalized spacial score (nSPS) is 11.8. The molecule has 2 aromatic carbocycles. The van der Waals surface area contributed by atoms with Gasteiger partial charge in [-0.3, -0.25) is 4.79 Å². The van der Waals surface area contributed by atoms with Crippen LogP contribution in [-0.2, 0) is 4.79 Å². The summed E-state index contributed by atoms with van der Waals surface area (Å²) in [4.78, 5) is 12.2. The first-order valence-electron chi connectivity index (χ1n) is 7.08. The number of carbonyl (C=O) groups is 1. The number of hydrogen-bond acceptors (Lipinski definition) is 2. The third-order valence-electron chi connectivity index (χ3n) is 3.42. The van der Waals surface area contributed by atoms with E-state index in [1.54, 1.807) is 6.92 Å². The van der Waals surface area contributed by atoms with Crippen molar-refractivity contribution in [2.45, 2.75) is 33.8 Å². The van der Waals surface area contributed by atoms with Gasteiger partial charge in [-0.2, -0.15) is 0 Å². The number of benzene rings is 2. The molecule has 0 heterocycles. The molecule has 1 amide bonds. The van der Waals surface area contributed by atoms with Gasteiger partial charge in [0.1, 0.15) is 5.75 Å². The van der Waals surface area contributed by atoms with Gasteiger partial charge in [-0.25, -0.2) is 0 Å². The fraction of sp³-hybridized carbons (Fsp3) is 0.278. The highest BCUT2D eigenvalue weighted by molar-refractivity contribution is 5.94. The van der Waals surface area contributed by atoms with Crippen LogP contribution in [0.5, 0.6) is 5.75 Å². The first kappa shape index (κ1) is 15.1. The van der Waals surface area contributed by atoms with Gasteiger partial charge in [0.15, 0.2) is 6.10 Å². The lowest BCUT2D eigenvalue weighted by Crippen LogP contribution is -2.30. The van der Waals surface area contributed by atoms with Gasteiger partial charge in [-0.05, 0) is 56.5 Å². The molecule has 1 atom stereocenters. The summed E-state index contributed by atoms with van der Waals surface area (Å²) in [5, 5.41) is 2.90. The van der Waals surface area contributed by atoms with Gasteiger partial charge < -0.3 is 10.1 Å². The van der Waals surface area contributed by atoms with Gasteiger partial charge in [0.25, 0.3) is 5.91 Å². The minimum absolute atomic E-state index is 0.148. The Morgan fingerprint density at radius 1 is 1.05 bits per heavy atom. The molecule has 110 valence electrons. The number of anilines is 1. The van der Waals surface area contributed by atoms with Gasteiger partial charge in [0, 0.05) is 5.69 Å². The van der Waals surface area contributed by atoms with Crippen molar-refractivity contribution in [2.75, 3.05) is 5.32 Å². The van der Waals surface area contributed by atoms with Crippen LogP contribution in [0.3, 0.4) is 0 Å². The zero-order valence-corrected chi connectivity index (χ0v) is 12.9. The number of rotatable bonds is 4. The number of aryl methyl sites for hydroxylation is 3. The molecule has 2 rings (SSSR count). The molecule has 0 bridgehead atoms. The molecule has 0 saturated heterocycles. The first-order chi connectivity index (χ1) is 9.97. The summed E-state index contributed by atoms with van der Waals surface area (Å²) in [6.07, 6.45) is -0.551. The van der Waals surface area contributed by atoms with Gasteiger partial charge in [0.2, 0.25) is 0 Å². The van der Waals surface area contributed by atoms with E-state index in [2.05, 4.69) is 5.32 Å². The SMILES string of the molecule is Cc1ccc(C)c(OC(C)C(=O)Nc2ccccc2C)c1. The molecule has 0 saturated carbocycles. The lowest BCUT2D eigenvalue weighted by atomic mass is 10.1. The topological polar surface area (TPSA) is 38.3 Å². The van der Waals surface area contributed by atoms with E-state index in [0.717, 1.165) is 28.1 Å². The lowest BCUT2D eigenvalue weighted by Gasteiger charge is -2.17. The molecule has 0 spiro atoms. The molecule has 0 aliphatic heterocycles. The third kappa shape index (κ3) is 3.85. The summed E-state index contributed by atoms with van der Waals surface area (Å²) >= 11 is 0. The van der Waals surface area contributed by atoms with E-state index in [0.29, 0.717) is 0 Å². The van der Waals surface area contributed by atoms with Crippen LogP contribution in [0, 0.1) is 20.8 Å². The Morgan fingerprint density at radius 2 is 1.76 bits per heavy atom. The van der Waals surface area contributed by atoms with Crippen LogP contribution in [0.2, 0.25) is 0 Å². The Labute approximate surface area is 126 Å². The maximum atomic E-state index is 12.2. The van der Waals surface area contributed by atoms with E-state index < -0.39 is 6.10 Å². The smallest absolute Gasteiger partial charge is 0.265 e. The van der Waals surface area contributed by atoms with Crippen LogP contribution in [0.25, 0.3) is 0 Å². The van der Waals surface area contributed by atoms with Crippen molar-refractivity contribution in [1.29, 1.82) is 0 Å². The fourth-order valence-corrected chi connectivity index (χ4v) is 2.03. The molecular weight excluding hydrogens is 262 g/mol. The Hall–Kier alpha value is -2.29. The van der Waals surface area contributed by atoms with Crippen molar-refractivity contribution in [2.24, 2.45) is 0 Å². The predicted octanol–water partition coefficient (Wildman–Crippen LogP) is 4.02.